The lowest BCUT2D eigenvalue weighted by atomic mass is 9.88. The van der Waals surface area contributed by atoms with Crippen molar-refractivity contribution in [3.8, 4) is 0 Å². The number of hydrogen-bond donors (Lipinski definition) is 0. The zero-order chi connectivity index (χ0) is 18.0. The van der Waals surface area contributed by atoms with Gasteiger partial charge in [0.1, 0.15) is 5.69 Å². The van der Waals surface area contributed by atoms with Crippen LogP contribution in [-0.2, 0) is 6.54 Å². The lowest BCUT2D eigenvalue weighted by Gasteiger charge is -2.33. The quantitative estimate of drug-likeness (QED) is 0.830. The molecule has 2 heterocycles. The lowest BCUT2D eigenvalue weighted by molar-refractivity contribution is 0.0694. The van der Waals surface area contributed by atoms with Gasteiger partial charge in [-0.3, -0.25) is 9.48 Å². The predicted molar refractivity (Wildman–Crippen MR) is 101 cm³/mol. The van der Waals surface area contributed by atoms with Crippen molar-refractivity contribution in [3.05, 3.63) is 52.8 Å². The van der Waals surface area contributed by atoms with E-state index < -0.39 is 0 Å². The second-order valence-electron chi connectivity index (χ2n) is 7.37. The van der Waals surface area contributed by atoms with Gasteiger partial charge < -0.3 is 4.90 Å². The maximum Gasteiger partial charge on any atom is 0.272 e. The molecule has 1 aromatic heterocycles. The van der Waals surface area contributed by atoms with Gasteiger partial charge in [-0.05, 0) is 49.8 Å². The molecule has 0 aliphatic carbocycles. The molecule has 0 unspecified atom stereocenters. The van der Waals surface area contributed by atoms with E-state index in [2.05, 4.69) is 50.1 Å². The van der Waals surface area contributed by atoms with Gasteiger partial charge in [0, 0.05) is 25.6 Å². The third kappa shape index (κ3) is 3.63. The minimum Gasteiger partial charge on any atom is -0.337 e. The van der Waals surface area contributed by atoms with Gasteiger partial charge in [-0.25, -0.2) is 0 Å². The Kier molecular flexibility index (Phi) is 5.26. The monoisotopic (exact) mass is 339 g/mol. The zero-order valence-corrected chi connectivity index (χ0v) is 15.8. The topological polar surface area (TPSA) is 38.1 Å². The molecular weight excluding hydrogens is 310 g/mol. The third-order valence-corrected chi connectivity index (χ3v) is 5.25. The summed E-state index contributed by atoms with van der Waals surface area (Å²) in [5.74, 6) is 0.890. The fourth-order valence-corrected chi connectivity index (χ4v) is 3.75. The largest absolute Gasteiger partial charge is 0.337 e. The third-order valence-electron chi connectivity index (χ3n) is 5.25. The normalized spacial score (nSPS) is 18.0. The molecule has 1 fully saturated rings. The Hall–Kier alpha value is -2.10. The number of hydrogen-bond acceptors (Lipinski definition) is 2. The van der Waals surface area contributed by atoms with Gasteiger partial charge in [0.2, 0.25) is 0 Å². The molecule has 2 aromatic rings. The molecule has 4 heteroatoms. The second kappa shape index (κ2) is 7.42. The smallest absolute Gasteiger partial charge is 0.272 e. The Bertz CT molecular complexity index is 747. The first-order chi connectivity index (χ1) is 12.0. The molecule has 4 nitrogen and oxygen atoms in total. The van der Waals surface area contributed by atoms with E-state index in [-0.39, 0.29) is 5.91 Å². The first-order valence-electron chi connectivity index (χ1n) is 9.43. The Morgan fingerprint density at radius 2 is 2.08 bits per heavy atom. The highest BCUT2D eigenvalue weighted by atomic mass is 16.2. The van der Waals surface area contributed by atoms with Crippen molar-refractivity contribution in [2.75, 3.05) is 13.1 Å². The van der Waals surface area contributed by atoms with Crippen molar-refractivity contribution in [2.24, 2.45) is 0 Å². The van der Waals surface area contributed by atoms with Crippen LogP contribution in [0.3, 0.4) is 0 Å². The van der Waals surface area contributed by atoms with E-state index in [1.54, 1.807) is 0 Å². The number of aromatic nitrogens is 2. The van der Waals surface area contributed by atoms with Crippen LogP contribution in [-0.4, -0.2) is 33.7 Å². The van der Waals surface area contributed by atoms with Gasteiger partial charge >= 0.3 is 0 Å². The van der Waals surface area contributed by atoms with E-state index in [0.29, 0.717) is 11.8 Å². The van der Waals surface area contributed by atoms with Crippen LogP contribution in [0.5, 0.6) is 0 Å². The van der Waals surface area contributed by atoms with Gasteiger partial charge in [-0.15, -0.1) is 0 Å². The van der Waals surface area contributed by atoms with Gasteiger partial charge in [0.05, 0.1) is 5.69 Å². The summed E-state index contributed by atoms with van der Waals surface area (Å²) < 4.78 is 1.86. The van der Waals surface area contributed by atoms with Crippen LogP contribution in [0.25, 0.3) is 0 Å². The van der Waals surface area contributed by atoms with E-state index in [1.807, 2.05) is 22.6 Å². The summed E-state index contributed by atoms with van der Waals surface area (Å²) in [6.45, 7) is 10.8. The first kappa shape index (κ1) is 17.7. The molecule has 134 valence electrons. The summed E-state index contributed by atoms with van der Waals surface area (Å²) in [7, 11) is 0. The number of benzene rings is 1. The Morgan fingerprint density at radius 3 is 2.76 bits per heavy atom. The number of carbonyl (C=O) groups excluding carboxylic acids is 1. The molecule has 0 saturated carbocycles. The van der Waals surface area contributed by atoms with Gasteiger partial charge in [-0.2, -0.15) is 5.10 Å². The van der Waals surface area contributed by atoms with Crippen molar-refractivity contribution < 1.29 is 4.79 Å². The molecule has 1 aromatic carbocycles. The molecule has 0 radical (unpaired) electrons. The van der Waals surface area contributed by atoms with Crippen molar-refractivity contribution in [2.45, 2.75) is 58.9 Å². The van der Waals surface area contributed by atoms with E-state index >= 15 is 0 Å². The predicted octanol–water partition coefficient (Wildman–Crippen LogP) is 4.35. The van der Waals surface area contributed by atoms with E-state index in [9.17, 15) is 4.79 Å². The number of carbonyl (C=O) groups is 1. The molecule has 0 spiro atoms. The highest BCUT2D eigenvalue weighted by Gasteiger charge is 2.28. The van der Waals surface area contributed by atoms with E-state index in [4.69, 9.17) is 0 Å². The maximum atomic E-state index is 13.1. The molecule has 1 amide bonds. The van der Waals surface area contributed by atoms with Crippen LogP contribution in [0, 0.1) is 6.92 Å². The number of nitrogens with zero attached hydrogens (tertiary/aromatic N) is 3. The average Bonchev–Trinajstić information content (AvgIpc) is 3.06. The molecule has 1 atom stereocenters. The second-order valence-corrected chi connectivity index (χ2v) is 7.37. The number of rotatable bonds is 4. The summed E-state index contributed by atoms with van der Waals surface area (Å²) in [6.07, 6.45) is 2.21. The van der Waals surface area contributed by atoms with E-state index in [0.717, 1.165) is 43.9 Å². The van der Waals surface area contributed by atoms with Gasteiger partial charge in [-0.1, -0.05) is 38.1 Å². The molecule has 3 rings (SSSR count). The van der Waals surface area contributed by atoms with Gasteiger partial charge in [0.15, 0.2) is 0 Å². The van der Waals surface area contributed by atoms with E-state index in [1.165, 1.54) is 11.1 Å². The van der Waals surface area contributed by atoms with Gasteiger partial charge in [0.25, 0.3) is 5.91 Å². The Morgan fingerprint density at radius 1 is 1.32 bits per heavy atom. The van der Waals surface area contributed by atoms with Crippen LogP contribution < -0.4 is 0 Å². The Labute approximate surface area is 150 Å². The molecular formula is C21H29N3O. The standard InChI is InChI=1S/C21H29N3O/c1-5-24-20(13-19(22-24)15(2)3)21(25)23-12-8-10-17(14-23)18-11-7-6-9-16(18)4/h6-7,9,11,13,15,17H,5,8,10,12,14H2,1-4H3/t17-/m0/s1. The fraction of sp³-hybridized carbons (Fsp3) is 0.524. The first-order valence-corrected chi connectivity index (χ1v) is 9.43. The molecule has 0 bridgehead atoms. The van der Waals surface area contributed by atoms with Crippen LogP contribution in [0.1, 0.15) is 72.8 Å². The lowest BCUT2D eigenvalue weighted by Crippen LogP contribution is -2.40. The molecule has 0 N–H and O–H groups in total. The van der Waals surface area contributed by atoms with Crippen LogP contribution in [0.15, 0.2) is 30.3 Å². The van der Waals surface area contributed by atoms with Crippen LogP contribution in [0.4, 0.5) is 0 Å². The number of amides is 1. The number of piperidine rings is 1. The van der Waals surface area contributed by atoms with Crippen molar-refractivity contribution in [3.63, 3.8) is 0 Å². The minimum absolute atomic E-state index is 0.125. The molecule has 25 heavy (non-hydrogen) atoms. The highest BCUT2D eigenvalue weighted by molar-refractivity contribution is 5.93. The zero-order valence-electron chi connectivity index (χ0n) is 15.8. The highest BCUT2D eigenvalue weighted by Crippen LogP contribution is 2.30. The molecule has 1 saturated heterocycles. The number of aryl methyl sites for hydroxylation is 2. The Balaban J connectivity index is 1.82. The van der Waals surface area contributed by atoms with Crippen molar-refractivity contribution in [1.29, 1.82) is 0 Å². The van der Waals surface area contributed by atoms with Crippen molar-refractivity contribution >= 4 is 5.91 Å². The minimum atomic E-state index is 0.125. The summed E-state index contributed by atoms with van der Waals surface area (Å²) in [5.41, 5.74) is 4.43. The van der Waals surface area contributed by atoms with Crippen molar-refractivity contribution in [1.82, 2.24) is 14.7 Å². The summed E-state index contributed by atoms with van der Waals surface area (Å²) in [5, 5.41) is 4.60. The van der Waals surface area contributed by atoms with Crippen LogP contribution >= 0.6 is 0 Å². The summed E-state index contributed by atoms with van der Waals surface area (Å²) in [6, 6.07) is 10.5. The molecule has 1 aliphatic rings. The number of likely N-dealkylation sites (tertiary alicyclic amines) is 1. The molecule has 1 aliphatic heterocycles. The van der Waals surface area contributed by atoms with Crippen LogP contribution in [0.2, 0.25) is 0 Å². The average molecular weight is 339 g/mol. The SMILES string of the molecule is CCn1nc(C(C)C)cc1C(=O)N1CCC[C@H](c2ccccc2C)C1. The maximum absolute atomic E-state index is 13.1. The fourth-order valence-electron chi connectivity index (χ4n) is 3.75. The summed E-state index contributed by atoms with van der Waals surface area (Å²) in [4.78, 5) is 15.2. The summed E-state index contributed by atoms with van der Waals surface area (Å²) >= 11 is 0.